The number of nitrogens with zero attached hydrogens (tertiary/aromatic N) is 2. The molecule has 6 nitrogen and oxygen atoms in total. The molecule has 1 atom stereocenters. The molecule has 0 fully saturated rings. The van der Waals surface area contributed by atoms with Crippen molar-refractivity contribution in [3.63, 3.8) is 0 Å². The summed E-state index contributed by atoms with van der Waals surface area (Å²) in [4.78, 5) is 8.05. The van der Waals surface area contributed by atoms with E-state index in [1.165, 1.54) is 6.07 Å². The molecule has 2 N–H and O–H groups in total. The summed E-state index contributed by atoms with van der Waals surface area (Å²) in [6, 6.07) is 6.50. The summed E-state index contributed by atoms with van der Waals surface area (Å²) < 4.78 is 31.1. The maximum absolute atomic E-state index is 12.8. The topological polar surface area (TPSA) is 95.2 Å². The van der Waals surface area contributed by atoms with Gasteiger partial charge in [-0.1, -0.05) is 13.0 Å². The average molecular weight is 335 g/mol. The molecule has 7 heteroatoms. The predicted octanol–water partition coefficient (Wildman–Crippen LogP) is 2.69. The Morgan fingerprint density at radius 1 is 1.13 bits per heavy atom. The van der Waals surface area contributed by atoms with Crippen molar-refractivity contribution in [3.05, 3.63) is 35.4 Å². The molecule has 1 aromatic heterocycles. The van der Waals surface area contributed by atoms with Gasteiger partial charge in [0.15, 0.2) is 0 Å². The second-order valence-electron chi connectivity index (χ2n) is 5.58. The van der Waals surface area contributed by atoms with Crippen molar-refractivity contribution in [2.75, 3.05) is 5.73 Å². The van der Waals surface area contributed by atoms with Crippen LogP contribution in [0.4, 0.5) is 5.82 Å². The zero-order valence-corrected chi connectivity index (χ0v) is 14.5. The molecule has 23 heavy (non-hydrogen) atoms. The summed E-state index contributed by atoms with van der Waals surface area (Å²) in [5.74, 6) is 0.219. The summed E-state index contributed by atoms with van der Waals surface area (Å²) in [6.45, 7) is 7.51. The summed E-state index contributed by atoms with van der Waals surface area (Å²) in [7, 11) is -3.85. The van der Waals surface area contributed by atoms with E-state index in [2.05, 4.69) is 9.97 Å². The van der Waals surface area contributed by atoms with Crippen LogP contribution in [0, 0.1) is 13.8 Å². The number of nitrogens with two attached hydrogens (primary N) is 1. The zero-order valence-electron chi connectivity index (χ0n) is 13.7. The van der Waals surface area contributed by atoms with Crippen molar-refractivity contribution in [2.45, 2.75) is 50.3 Å². The molecular formula is C16H21N3O3S. The van der Waals surface area contributed by atoms with Gasteiger partial charge in [0.25, 0.3) is 5.16 Å². The average Bonchev–Trinajstić information content (AvgIpc) is 2.45. The minimum absolute atomic E-state index is 0.0567. The number of hydrogen-bond acceptors (Lipinski definition) is 6. The van der Waals surface area contributed by atoms with Gasteiger partial charge in [-0.05, 0) is 50.5 Å². The molecule has 124 valence electrons. The van der Waals surface area contributed by atoms with Crippen LogP contribution in [0.1, 0.15) is 31.4 Å². The van der Waals surface area contributed by atoms with Gasteiger partial charge in [-0.2, -0.15) is 4.98 Å². The third kappa shape index (κ3) is 3.98. The first kappa shape index (κ1) is 17.2. The highest BCUT2D eigenvalue weighted by atomic mass is 32.2. The number of benzene rings is 1. The summed E-state index contributed by atoms with van der Waals surface area (Å²) in [6.07, 6.45) is 0.671. The van der Waals surface area contributed by atoms with Gasteiger partial charge in [0, 0.05) is 6.07 Å². The molecule has 0 aliphatic rings. The standard InChI is InChI=1S/C16H21N3O3S/c1-5-12(4)22-15-9-14(17)18-16(19-15)23(20,21)13-7-10(2)6-11(3)8-13/h6-9,12H,5H2,1-4H3,(H2,17,18,19). The molecule has 1 heterocycles. The molecule has 0 saturated carbocycles. The minimum Gasteiger partial charge on any atom is -0.475 e. The Morgan fingerprint density at radius 3 is 2.30 bits per heavy atom. The molecule has 1 unspecified atom stereocenters. The quantitative estimate of drug-likeness (QED) is 0.844. The number of aromatic nitrogens is 2. The molecule has 2 aromatic rings. The Kier molecular flexibility index (Phi) is 4.89. The Balaban J connectivity index is 2.51. The van der Waals surface area contributed by atoms with Crippen LogP contribution in [0.5, 0.6) is 5.88 Å². The summed E-state index contributed by atoms with van der Waals surface area (Å²) >= 11 is 0. The van der Waals surface area contributed by atoms with Crippen LogP contribution in [0.15, 0.2) is 34.3 Å². The molecule has 0 aliphatic heterocycles. The minimum atomic E-state index is -3.85. The molecule has 0 bridgehead atoms. The van der Waals surface area contributed by atoms with Gasteiger partial charge < -0.3 is 10.5 Å². The van der Waals surface area contributed by atoms with Crippen molar-refractivity contribution < 1.29 is 13.2 Å². The van der Waals surface area contributed by atoms with Crippen molar-refractivity contribution >= 4 is 15.7 Å². The fourth-order valence-corrected chi connectivity index (χ4v) is 3.41. The lowest BCUT2D eigenvalue weighted by atomic mass is 10.2. The predicted molar refractivity (Wildman–Crippen MR) is 88.2 cm³/mol. The highest BCUT2D eigenvalue weighted by molar-refractivity contribution is 7.91. The highest BCUT2D eigenvalue weighted by Crippen LogP contribution is 2.23. The number of hydrogen-bond donors (Lipinski definition) is 1. The van der Waals surface area contributed by atoms with Gasteiger partial charge in [0.05, 0.1) is 11.0 Å². The summed E-state index contributed by atoms with van der Waals surface area (Å²) in [5, 5.41) is -0.346. The van der Waals surface area contributed by atoms with Gasteiger partial charge in [-0.25, -0.2) is 13.4 Å². The van der Waals surface area contributed by atoms with E-state index in [0.29, 0.717) is 0 Å². The van der Waals surface area contributed by atoms with Crippen LogP contribution < -0.4 is 10.5 Å². The van der Waals surface area contributed by atoms with Gasteiger partial charge in [0.2, 0.25) is 15.7 Å². The lowest BCUT2D eigenvalue weighted by molar-refractivity contribution is 0.206. The first-order valence-corrected chi connectivity index (χ1v) is 8.85. The number of sulfone groups is 1. The Morgan fingerprint density at radius 2 is 1.74 bits per heavy atom. The zero-order chi connectivity index (χ0) is 17.2. The van der Waals surface area contributed by atoms with E-state index in [9.17, 15) is 8.42 Å². The van der Waals surface area contributed by atoms with Crippen LogP contribution >= 0.6 is 0 Å². The van der Waals surface area contributed by atoms with Crippen molar-refractivity contribution in [3.8, 4) is 5.88 Å². The Bertz CT molecular complexity index is 799. The van der Waals surface area contributed by atoms with E-state index < -0.39 is 9.84 Å². The number of ether oxygens (including phenoxy) is 1. The Labute approximate surface area is 136 Å². The number of aryl methyl sites for hydroxylation is 2. The van der Waals surface area contributed by atoms with E-state index in [-0.39, 0.29) is 27.9 Å². The Hall–Kier alpha value is -2.15. The van der Waals surface area contributed by atoms with Crippen LogP contribution in [-0.4, -0.2) is 24.5 Å². The third-order valence-corrected chi connectivity index (χ3v) is 4.86. The van der Waals surface area contributed by atoms with E-state index >= 15 is 0 Å². The van der Waals surface area contributed by atoms with Gasteiger partial charge in [-0.15, -0.1) is 0 Å². The van der Waals surface area contributed by atoms with Crippen molar-refractivity contribution in [1.82, 2.24) is 9.97 Å². The lowest BCUT2D eigenvalue weighted by Gasteiger charge is -2.13. The second-order valence-corrected chi connectivity index (χ2v) is 7.42. The molecule has 0 spiro atoms. The number of rotatable bonds is 5. The summed E-state index contributed by atoms with van der Waals surface area (Å²) in [5.41, 5.74) is 7.42. The maximum Gasteiger partial charge on any atom is 0.257 e. The first-order chi connectivity index (χ1) is 10.7. The third-order valence-electron chi connectivity index (χ3n) is 3.34. The fraction of sp³-hybridized carbons (Fsp3) is 0.375. The molecule has 0 saturated heterocycles. The second kappa shape index (κ2) is 6.54. The van der Waals surface area contributed by atoms with Gasteiger partial charge in [0.1, 0.15) is 5.82 Å². The molecule has 2 rings (SSSR count). The van der Waals surface area contributed by atoms with Crippen molar-refractivity contribution in [2.24, 2.45) is 0 Å². The van der Waals surface area contributed by atoms with Crippen molar-refractivity contribution in [1.29, 1.82) is 0 Å². The normalized spacial score (nSPS) is 12.9. The van der Waals surface area contributed by atoms with Crippen LogP contribution in [0.3, 0.4) is 0 Å². The van der Waals surface area contributed by atoms with Crippen LogP contribution in [0.2, 0.25) is 0 Å². The SMILES string of the molecule is CCC(C)Oc1cc(N)nc(S(=O)(=O)c2cc(C)cc(C)c2)n1. The molecule has 1 aromatic carbocycles. The van der Waals surface area contributed by atoms with E-state index in [4.69, 9.17) is 10.5 Å². The van der Waals surface area contributed by atoms with E-state index in [1.807, 2.05) is 33.8 Å². The first-order valence-electron chi connectivity index (χ1n) is 7.37. The monoisotopic (exact) mass is 335 g/mol. The van der Waals surface area contributed by atoms with E-state index in [0.717, 1.165) is 17.5 Å². The smallest absolute Gasteiger partial charge is 0.257 e. The van der Waals surface area contributed by atoms with Crippen LogP contribution in [-0.2, 0) is 9.84 Å². The maximum atomic E-state index is 12.8. The molecule has 0 radical (unpaired) electrons. The fourth-order valence-electron chi connectivity index (χ4n) is 2.08. The van der Waals surface area contributed by atoms with Gasteiger partial charge >= 0.3 is 0 Å². The number of nitrogen functional groups attached to an aromatic ring is 1. The van der Waals surface area contributed by atoms with E-state index in [1.54, 1.807) is 12.1 Å². The molecule has 0 amide bonds. The largest absolute Gasteiger partial charge is 0.475 e. The van der Waals surface area contributed by atoms with Gasteiger partial charge in [-0.3, -0.25) is 0 Å². The molecular weight excluding hydrogens is 314 g/mol. The lowest BCUT2D eigenvalue weighted by Crippen LogP contribution is -2.14. The molecule has 0 aliphatic carbocycles. The highest BCUT2D eigenvalue weighted by Gasteiger charge is 2.23. The number of anilines is 1. The van der Waals surface area contributed by atoms with Crippen LogP contribution in [0.25, 0.3) is 0 Å².